The van der Waals surface area contributed by atoms with Gasteiger partial charge in [-0.05, 0) is 62.3 Å². The summed E-state index contributed by atoms with van der Waals surface area (Å²) in [7, 11) is 1.27. The molecule has 8 nitrogen and oxygen atoms in total. The van der Waals surface area contributed by atoms with E-state index in [0.29, 0.717) is 0 Å². The van der Waals surface area contributed by atoms with Gasteiger partial charge in [-0.1, -0.05) is 0 Å². The van der Waals surface area contributed by atoms with E-state index in [1.54, 1.807) is 0 Å². The first-order chi connectivity index (χ1) is 14.0. The molecule has 4 aliphatic carbocycles. The first-order valence-electron chi connectivity index (χ1n) is 10.3. The monoisotopic (exact) mass is 404 g/mol. The van der Waals surface area contributed by atoms with Gasteiger partial charge in [-0.3, -0.25) is 4.79 Å². The fourth-order valence-corrected chi connectivity index (χ4v) is 5.79. The number of esters is 2. The van der Waals surface area contributed by atoms with Crippen molar-refractivity contribution in [2.24, 2.45) is 17.8 Å². The van der Waals surface area contributed by atoms with Gasteiger partial charge in [-0.2, -0.15) is 0 Å². The number of methoxy groups -OCH3 is 1. The van der Waals surface area contributed by atoms with Crippen molar-refractivity contribution < 1.29 is 28.3 Å². The van der Waals surface area contributed by atoms with Crippen molar-refractivity contribution in [3.63, 3.8) is 0 Å². The van der Waals surface area contributed by atoms with Crippen LogP contribution in [0.2, 0.25) is 0 Å². The predicted octanol–water partition coefficient (Wildman–Crippen LogP) is 2.77. The fourth-order valence-electron chi connectivity index (χ4n) is 5.79. The highest BCUT2D eigenvalue weighted by molar-refractivity contribution is 5.90. The Balaban J connectivity index is 1.18. The lowest BCUT2D eigenvalue weighted by molar-refractivity contribution is -0.145. The number of carbonyl (C=O) groups excluding carboxylic acids is 3. The predicted molar refractivity (Wildman–Crippen MR) is 102 cm³/mol. The number of furan rings is 1. The van der Waals surface area contributed by atoms with Crippen molar-refractivity contribution in [3.05, 3.63) is 23.7 Å². The van der Waals surface area contributed by atoms with Crippen LogP contribution in [0.1, 0.15) is 61.1 Å². The van der Waals surface area contributed by atoms with Crippen molar-refractivity contribution in [1.82, 2.24) is 10.6 Å². The Morgan fingerprint density at radius 2 is 1.79 bits per heavy atom. The average molecular weight is 404 g/mol. The lowest BCUT2D eigenvalue weighted by Gasteiger charge is -2.56. The summed E-state index contributed by atoms with van der Waals surface area (Å²) in [5.41, 5.74) is 0.177. The molecule has 0 aliphatic heterocycles. The first kappa shape index (κ1) is 19.8. The minimum absolute atomic E-state index is 0.0442. The van der Waals surface area contributed by atoms with E-state index in [1.807, 2.05) is 0 Å². The van der Waals surface area contributed by atoms with Gasteiger partial charge < -0.3 is 24.5 Å². The molecule has 0 saturated heterocycles. The van der Waals surface area contributed by atoms with Crippen LogP contribution in [0.15, 0.2) is 16.7 Å². The molecule has 1 aromatic rings. The second-order valence-electron chi connectivity index (χ2n) is 8.74. The number of amides is 2. The van der Waals surface area contributed by atoms with Crippen molar-refractivity contribution in [1.29, 1.82) is 0 Å². The van der Waals surface area contributed by atoms with Crippen molar-refractivity contribution in [2.45, 2.75) is 57.1 Å². The molecule has 0 aromatic carbocycles. The smallest absolute Gasteiger partial charge is 0.341 e. The van der Waals surface area contributed by atoms with Crippen LogP contribution in [0.25, 0.3) is 0 Å². The van der Waals surface area contributed by atoms with Crippen LogP contribution in [0.3, 0.4) is 0 Å². The Hall–Kier alpha value is -2.51. The molecule has 1 heterocycles. The summed E-state index contributed by atoms with van der Waals surface area (Å²) in [6.45, 7) is 0.0365. The molecule has 0 radical (unpaired) electrons. The number of carbonyl (C=O) groups is 3. The summed E-state index contributed by atoms with van der Waals surface area (Å²) in [5.74, 6) is 1.48. The molecule has 4 bridgehead atoms. The van der Waals surface area contributed by atoms with Crippen LogP contribution in [-0.2, 0) is 20.9 Å². The number of hydrogen-bond donors (Lipinski definition) is 2. The Kier molecular flexibility index (Phi) is 5.52. The summed E-state index contributed by atoms with van der Waals surface area (Å²) in [6.07, 6.45) is 8.60. The molecule has 2 amide bonds. The molecule has 4 aliphatic rings. The summed E-state index contributed by atoms with van der Waals surface area (Å²) < 4.78 is 14.9. The lowest BCUT2D eigenvalue weighted by atomic mass is 9.53. The second-order valence-corrected chi connectivity index (χ2v) is 8.74. The van der Waals surface area contributed by atoms with Crippen molar-refractivity contribution in [3.8, 4) is 0 Å². The molecule has 29 heavy (non-hydrogen) atoms. The van der Waals surface area contributed by atoms with Gasteiger partial charge in [-0.15, -0.1) is 0 Å². The van der Waals surface area contributed by atoms with Crippen LogP contribution in [0.4, 0.5) is 4.79 Å². The molecule has 5 rings (SSSR count). The highest BCUT2D eigenvalue weighted by Gasteiger charge is 2.51. The fraction of sp³-hybridized carbons (Fsp3) is 0.667. The van der Waals surface area contributed by atoms with Gasteiger partial charge >= 0.3 is 18.0 Å². The molecule has 1 aromatic heterocycles. The van der Waals surface area contributed by atoms with Gasteiger partial charge in [0.25, 0.3) is 0 Å². The van der Waals surface area contributed by atoms with E-state index in [2.05, 4.69) is 15.4 Å². The van der Waals surface area contributed by atoms with Gasteiger partial charge in [0.2, 0.25) is 0 Å². The maximum absolute atomic E-state index is 12.4. The Morgan fingerprint density at radius 3 is 2.41 bits per heavy atom. The van der Waals surface area contributed by atoms with Crippen LogP contribution >= 0.6 is 0 Å². The van der Waals surface area contributed by atoms with E-state index in [9.17, 15) is 14.4 Å². The maximum atomic E-state index is 12.4. The average Bonchev–Trinajstić information content (AvgIpc) is 3.13. The van der Waals surface area contributed by atoms with E-state index >= 15 is 0 Å². The Bertz CT molecular complexity index is 751. The molecule has 8 heteroatoms. The molecule has 2 N–H and O–H groups in total. The molecule has 4 saturated carbocycles. The van der Waals surface area contributed by atoms with Crippen molar-refractivity contribution in [2.75, 3.05) is 13.7 Å². The number of ether oxygens (including phenoxy) is 2. The minimum atomic E-state index is -0.548. The Morgan fingerprint density at radius 1 is 1.14 bits per heavy atom. The molecule has 0 unspecified atom stereocenters. The molecule has 0 spiro atoms. The van der Waals surface area contributed by atoms with E-state index in [4.69, 9.17) is 9.15 Å². The normalized spacial score (nSPS) is 29.3. The summed E-state index contributed by atoms with van der Waals surface area (Å²) in [5, 5.41) is 5.98. The van der Waals surface area contributed by atoms with E-state index in [-0.39, 0.29) is 42.5 Å². The van der Waals surface area contributed by atoms with Crippen molar-refractivity contribution >= 4 is 18.0 Å². The lowest BCUT2D eigenvalue weighted by Crippen LogP contribution is -2.61. The third-order valence-corrected chi connectivity index (χ3v) is 6.55. The highest BCUT2D eigenvalue weighted by atomic mass is 16.5. The largest absolute Gasteiger partial charge is 0.465 e. The van der Waals surface area contributed by atoms with Gasteiger partial charge in [0.05, 0.1) is 19.8 Å². The Labute approximate surface area is 169 Å². The quantitative estimate of drug-likeness (QED) is 0.677. The third kappa shape index (κ3) is 4.41. The highest BCUT2D eigenvalue weighted by Crippen LogP contribution is 2.55. The topological polar surface area (TPSA) is 107 Å². The summed E-state index contributed by atoms with van der Waals surface area (Å²) in [6, 6.07) is 1.25. The first-order valence-corrected chi connectivity index (χ1v) is 10.3. The number of hydrogen-bond acceptors (Lipinski definition) is 6. The van der Waals surface area contributed by atoms with E-state index < -0.39 is 11.9 Å². The third-order valence-electron chi connectivity index (χ3n) is 6.55. The molecule has 158 valence electrons. The second kappa shape index (κ2) is 8.08. The van der Waals surface area contributed by atoms with Gasteiger partial charge in [0, 0.05) is 12.1 Å². The zero-order valence-electron chi connectivity index (χ0n) is 16.7. The van der Waals surface area contributed by atoms with Crippen LogP contribution in [0.5, 0.6) is 0 Å². The van der Waals surface area contributed by atoms with Crippen LogP contribution in [0, 0.1) is 17.8 Å². The maximum Gasteiger partial charge on any atom is 0.341 e. The molecular formula is C21H28N2O6. The SMILES string of the molecule is COC(=O)c1ccoc1COC(=O)CCNC(=O)NC12CC3CC(CC(C3)C1)C2. The zero-order chi connectivity index (χ0) is 20.4. The molecule has 4 fully saturated rings. The van der Waals surface area contributed by atoms with Crippen LogP contribution < -0.4 is 10.6 Å². The van der Waals surface area contributed by atoms with Gasteiger partial charge in [-0.25, -0.2) is 9.59 Å². The number of nitrogens with one attached hydrogen (secondary N) is 2. The minimum Gasteiger partial charge on any atom is -0.465 e. The van der Waals surface area contributed by atoms with E-state index in [1.165, 1.54) is 38.7 Å². The van der Waals surface area contributed by atoms with Crippen LogP contribution in [-0.4, -0.2) is 37.2 Å². The number of urea groups is 1. The van der Waals surface area contributed by atoms with E-state index in [0.717, 1.165) is 37.0 Å². The molecular weight excluding hydrogens is 376 g/mol. The summed E-state index contributed by atoms with van der Waals surface area (Å²) >= 11 is 0. The summed E-state index contributed by atoms with van der Waals surface area (Å²) in [4.78, 5) is 35.9. The van der Waals surface area contributed by atoms with Gasteiger partial charge in [0.1, 0.15) is 12.2 Å². The zero-order valence-corrected chi connectivity index (χ0v) is 16.7. The standard InChI is InChI=1S/C21H28N2O6/c1-27-19(25)16-3-5-28-17(16)12-29-18(24)2-4-22-20(26)23-21-9-13-6-14(10-21)8-15(7-13)11-21/h3,5,13-15H,2,4,6-12H2,1H3,(H2,22,23,26). The van der Waals surface area contributed by atoms with Gasteiger partial charge in [0.15, 0.2) is 5.76 Å². The number of rotatable bonds is 7. The molecule has 0 atom stereocenters.